The average Bonchev–Trinajstić information content (AvgIpc) is 2.35. The summed E-state index contributed by atoms with van der Waals surface area (Å²) in [4.78, 5) is 7.07. The third-order valence-electron chi connectivity index (χ3n) is 2.92. The predicted molar refractivity (Wildman–Crippen MR) is 78.2 cm³/mol. The molecule has 0 amide bonds. The van der Waals surface area contributed by atoms with Gasteiger partial charge in [-0.3, -0.25) is 0 Å². The Morgan fingerprint density at radius 3 is 2.76 bits per heavy atom. The predicted octanol–water partition coefficient (Wildman–Crippen LogP) is 3.76. The van der Waals surface area contributed by atoms with Crippen molar-refractivity contribution in [2.24, 2.45) is 0 Å². The highest BCUT2D eigenvalue weighted by Crippen LogP contribution is 2.22. The zero-order chi connectivity index (χ0) is 12.3. The van der Waals surface area contributed by atoms with Gasteiger partial charge in [0.25, 0.3) is 0 Å². The summed E-state index contributed by atoms with van der Waals surface area (Å²) in [5, 5.41) is 2.18. The molecule has 0 saturated heterocycles. The van der Waals surface area contributed by atoms with Crippen LogP contribution in [0.1, 0.15) is 12.5 Å². The molecular weight excluding hydrogens is 276 g/mol. The van der Waals surface area contributed by atoms with Crippen LogP contribution in [0.2, 0.25) is 0 Å². The van der Waals surface area contributed by atoms with Crippen molar-refractivity contribution < 1.29 is 0 Å². The molecule has 0 radical (unpaired) electrons. The van der Waals surface area contributed by atoms with E-state index < -0.39 is 0 Å². The first-order chi connectivity index (χ1) is 8.26. The first kappa shape index (κ1) is 12.4. The summed E-state index contributed by atoms with van der Waals surface area (Å²) in [5.41, 5.74) is 2.31. The third kappa shape index (κ3) is 2.60. The van der Waals surface area contributed by atoms with Gasteiger partial charge in [0, 0.05) is 23.8 Å². The van der Waals surface area contributed by atoms with Crippen molar-refractivity contribution in [1.29, 1.82) is 0 Å². The molecule has 0 atom stereocenters. The molecule has 1 aromatic heterocycles. The number of anilines is 1. The van der Waals surface area contributed by atoms with E-state index in [1.807, 2.05) is 6.07 Å². The fraction of sp³-hybridized carbons (Fsp3) is 0.357. The van der Waals surface area contributed by atoms with Crippen LogP contribution < -0.4 is 4.90 Å². The van der Waals surface area contributed by atoms with Gasteiger partial charge in [-0.2, -0.15) is 0 Å². The minimum atomic E-state index is 0.967. The first-order valence-electron chi connectivity index (χ1n) is 5.93. The molecule has 1 aromatic carbocycles. The second kappa shape index (κ2) is 5.50. The number of rotatable bonds is 4. The Kier molecular flexibility index (Phi) is 4.00. The van der Waals surface area contributed by atoms with Crippen LogP contribution in [0.25, 0.3) is 10.9 Å². The molecule has 90 valence electrons. The largest absolute Gasteiger partial charge is 0.356 e. The summed E-state index contributed by atoms with van der Waals surface area (Å²) in [6, 6.07) is 10.5. The Morgan fingerprint density at radius 2 is 2.06 bits per heavy atom. The van der Waals surface area contributed by atoms with Crippen LogP contribution in [0, 0.1) is 6.92 Å². The zero-order valence-corrected chi connectivity index (χ0v) is 11.9. The fourth-order valence-electron chi connectivity index (χ4n) is 2.05. The SMILES string of the molecule is CCN(CCBr)c1nc2ccccc2cc1C. The molecule has 2 rings (SSSR count). The lowest BCUT2D eigenvalue weighted by molar-refractivity contribution is 0.852. The number of fused-ring (bicyclic) bond motifs is 1. The van der Waals surface area contributed by atoms with E-state index >= 15 is 0 Å². The van der Waals surface area contributed by atoms with Crippen LogP contribution in [0.3, 0.4) is 0 Å². The second-order valence-corrected chi connectivity index (χ2v) is 4.88. The van der Waals surface area contributed by atoms with Crippen molar-refractivity contribution >= 4 is 32.7 Å². The van der Waals surface area contributed by atoms with Crippen LogP contribution in [0.4, 0.5) is 5.82 Å². The van der Waals surface area contributed by atoms with Gasteiger partial charge in [0.05, 0.1) is 5.52 Å². The maximum Gasteiger partial charge on any atom is 0.132 e. The van der Waals surface area contributed by atoms with Gasteiger partial charge in [-0.1, -0.05) is 34.1 Å². The van der Waals surface area contributed by atoms with Crippen molar-refractivity contribution in [1.82, 2.24) is 4.98 Å². The van der Waals surface area contributed by atoms with Gasteiger partial charge >= 0.3 is 0 Å². The summed E-state index contributed by atoms with van der Waals surface area (Å²) >= 11 is 3.49. The van der Waals surface area contributed by atoms with Crippen LogP contribution in [-0.4, -0.2) is 23.4 Å². The molecular formula is C14H17BrN2. The highest BCUT2D eigenvalue weighted by Gasteiger charge is 2.09. The lowest BCUT2D eigenvalue weighted by atomic mass is 10.1. The number of aryl methyl sites for hydroxylation is 1. The minimum Gasteiger partial charge on any atom is -0.356 e. The van der Waals surface area contributed by atoms with Crippen LogP contribution in [0.15, 0.2) is 30.3 Å². The standard InChI is InChI=1S/C14H17BrN2/c1-3-17(9-8-15)14-11(2)10-12-6-4-5-7-13(12)16-14/h4-7,10H,3,8-9H2,1-2H3. The van der Waals surface area contributed by atoms with Crippen molar-refractivity contribution in [3.05, 3.63) is 35.9 Å². The number of hydrogen-bond donors (Lipinski definition) is 0. The van der Waals surface area contributed by atoms with Crippen molar-refractivity contribution in [3.63, 3.8) is 0 Å². The lowest BCUT2D eigenvalue weighted by Gasteiger charge is -2.23. The highest BCUT2D eigenvalue weighted by atomic mass is 79.9. The Bertz CT molecular complexity index is 511. The second-order valence-electron chi connectivity index (χ2n) is 4.09. The Hall–Kier alpha value is -1.09. The number of benzene rings is 1. The molecule has 2 aromatic rings. The van der Waals surface area contributed by atoms with Gasteiger partial charge in [-0.25, -0.2) is 4.98 Å². The molecule has 1 heterocycles. The lowest BCUT2D eigenvalue weighted by Crippen LogP contribution is -2.26. The van der Waals surface area contributed by atoms with Crippen LogP contribution >= 0.6 is 15.9 Å². The normalized spacial score (nSPS) is 10.8. The molecule has 0 N–H and O–H groups in total. The molecule has 0 bridgehead atoms. The van der Waals surface area contributed by atoms with E-state index in [1.54, 1.807) is 0 Å². The molecule has 17 heavy (non-hydrogen) atoms. The van der Waals surface area contributed by atoms with E-state index in [9.17, 15) is 0 Å². The summed E-state index contributed by atoms with van der Waals surface area (Å²) in [5.74, 6) is 1.10. The molecule has 0 saturated carbocycles. The van der Waals surface area contributed by atoms with Crippen molar-refractivity contribution in [2.75, 3.05) is 23.3 Å². The van der Waals surface area contributed by atoms with E-state index in [-0.39, 0.29) is 0 Å². The van der Waals surface area contributed by atoms with Gasteiger partial charge < -0.3 is 4.90 Å². The Balaban J connectivity index is 2.49. The number of nitrogens with zero attached hydrogens (tertiary/aromatic N) is 2. The third-order valence-corrected chi connectivity index (χ3v) is 3.28. The fourth-order valence-corrected chi connectivity index (χ4v) is 2.48. The number of aromatic nitrogens is 1. The smallest absolute Gasteiger partial charge is 0.132 e. The number of hydrogen-bond acceptors (Lipinski definition) is 2. The highest BCUT2D eigenvalue weighted by molar-refractivity contribution is 9.09. The molecule has 0 spiro atoms. The molecule has 0 aliphatic carbocycles. The minimum absolute atomic E-state index is 0.967. The van der Waals surface area contributed by atoms with Gasteiger partial charge in [-0.05, 0) is 31.5 Å². The summed E-state index contributed by atoms with van der Waals surface area (Å²) in [7, 11) is 0. The number of alkyl halides is 1. The van der Waals surface area contributed by atoms with Gasteiger partial charge in [0.2, 0.25) is 0 Å². The molecule has 0 aliphatic heterocycles. The number of halogens is 1. The topological polar surface area (TPSA) is 16.1 Å². The maximum atomic E-state index is 4.77. The van der Waals surface area contributed by atoms with Gasteiger partial charge in [0.15, 0.2) is 0 Å². The molecule has 0 unspecified atom stereocenters. The summed E-state index contributed by atoms with van der Waals surface area (Å²) < 4.78 is 0. The zero-order valence-electron chi connectivity index (χ0n) is 10.3. The van der Waals surface area contributed by atoms with E-state index in [2.05, 4.69) is 58.9 Å². The van der Waals surface area contributed by atoms with Crippen molar-refractivity contribution in [3.8, 4) is 0 Å². The van der Waals surface area contributed by atoms with Gasteiger partial charge in [0.1, 0.15) is 5.82 Å². The van der Waals surface area contributed by atoms with E-state index in [0.717, 1.165) is 29.8 Å². The Morgan fingerprint density at radius 1 is 1.29 bits per heavy atom. The average molecular weight is 293 g/mol. The first-order valence-corrected chi connectivity index (χ1v) is 7.05. The molecule has 0 fully saturated rings. The molecule has 2 nitrogen and oxygen atoms in total. The maximum absolute atomic E-state index is 4.77. The van der Waals surface area contributed by atoms with Gasteiger partial charge in [-0.15, -0.1) is 0 Å². The van der Waals surface area contributed by atoms with E-state index in [0.29, 0.717) is 0 Å². The Labute approximate surface area is 111 Å². The number of para-hydroxylation sites is 1. The van der Waals surface area contributed by atoms with E-state index in [4.69, 9.17) is 4.98 Å². The monoisotopic (exact) mass is 292 g/mol. The summed E-state index contributed by atoms with van der Waals surface area (Å²) in [6.45, 7) is 6.27. The van der Waals surface area contributed by atoms with E-state index in [1.165, 1.54) is 10.9 Å². The number of pyridine rings is 1. The quantitative estimate of drug-likeness (QED) is 0.798. The molecule has 0 aliphatic rings. The molecule has 3 heteroatoms. The summed E-state index contributed by atoms with van der Waals surface area (Å²) in [6.07, 6.45) is 0. The van der Waals surface area contributed by atoms with Crippen LogP contribution in [-0.2, 0) is 0 Å². The van der Waals surface area contributed by atoms with Crippen LogP contribution in [0.5, 0.6) is 0 Å². The van der Waals surface area contributed by atoms with Crippen molar-refractivity contribution in [2.45, 2.75) is 13.8 Å².